The lowest BCUT2D eigenvalue weighted by molar-refractivity contribution is 0.0346. The fourth-order valence-corrected chi connectivity index (χ4v) is 19.7. The molecule has 0 amide bonds. The van der Waals surface area contributed by atoms with Gasteiger partial charge in [-0.25, -0.2) is 52.9 Å². The van der Waals surface area contributed by atoms with E-state index in [1.165, 1.54) is 73.7 Å². The number of benzene rings is 5. The summed E-state index contributed by atoms with van der Waals surface area (Å²) in [5.41, 5.74) is 8.31. The topological polar surface area (TPSA) is 210 Å². The number of aromatic amines is 1. The van der Waals surface area contributed by atoms with Crippen molar-refractivity contribution in [2.24, 2.45) is 0 Å². The van der Waals surface area contributed by atoms with Crippen LogP contribution in [0.25, 0.3) is 87.4 Å². The third-order valence-electron chi connectivity index (χ3n) is 18.9. The molecular formula is C80H71BBrCl3F3N9O9S5. The Morgan fingerprint density at radius 3 is 1.30 bits per heavy atom. The molecule has 31 heteroatoms. The first-order valence-corrected chi connectivity index (χ1v) is 42.5. The molecule has 18 nitrogen and oxygen atoms in total. The van der Waals surface area contributed by atoms with Crippen molar-refractivity contribution in [3.05, 3.63) is 258 Å². The molecule has 3 aliphatic rings. The van der Waals surface area contributed by atoms with Gasteiger partial charge in [0, 0.05) is 190 Å². The maximum Gasteiger partial charge on any atom is 0.499 e. The normalized spacial score (nSPS) is 14.6. The van der Waals surface area contributed by atoms with Crippen molar-refractivity contribution in [2.45, 2.75) is 43.3 Å². The van der Waals surface area contributed by atoms with E-state index in [2.05, 4.69) is 80.9 Å². The van der Waals surface area contributed by atoms with E-state index >= 15 is 0 Å². The quantitative estimate of drug-likeness (QED) is 0.0768. The maximum atomic E-state index is 14.5. The third-order valence-corrected chi connectivity index (χ3v) is 27.1. The Kier molecular flexibility index (Phi) is 25.3. The van der Waals surface area contributed by atoms with Crippen molar-refractivity contribution in [3.8, 4) is 54.3 Å². The molecule has 3 saturated heterocycles. The number of rotatable bonds is 16. The molecule has 111 heavy (non-hydrogen) atoms. The van der Waals surface area contributed by atoms with Crippen molar-refractivity contribution in [3.63, 3.8) is 0 Å². The molecule has 0 atom stereocenters. The van der Waals surface area contributed by atoms with Gasteiger partial charge in [-0.05, 0) is 121 Å². The highest BCUT2D eigenvalue weighted by molar-refractivity contribution is 9.10. The molecule has 0 unspecified atom stereocenters. The summed E-state index contributed by atoms with van der Waals surface area (Å²) < 4.78 is 116. The SMILES string of the molecule is Cc1ccc(S(=O)(=O)n2cc(-c3cccc(F)c3Cl)c3cc(-c4ccc(CN5CCOCC5)s4)cnc32)cc1.Cc1ccc(S(=O)(=O)n2cc(-c3cccc(F)c3Cl)c3cc(Br)cnc32)cc1.Fc1cccc(-c2c[nH]c3ncc(-c4ccc(CN5CCOCC5)s4)cc23)c1Cl.OB(O)c1ccc(CN2CCOCC2)s1. The van der Waals surface area contributed by atoms with Gasteiger partial charge in [-0.2, -0.15) is 0 Å². The molecule has 572 valence electrons. The summed E-state index contributed by atoms with van der Waals surface area (Å²) in [6.07, 6.45) is 9.82. The van der Waals surface area contributed by atoms with Crippen LogP contribution in [0, 0.1) is 31.3 Å². The van der Waals surface area contributed by atoms with Gasteiger partial charge in [0.25, 0.3) is 20.0 Å². The van der Waals surface area contributed by atoms with Crippen LogP contribution in [0.2, 0.25) is 15.1 Å². The second-order valence-corrected chi connectivity index (χ2v) is 35.7. The van der Waals surface area contributed by atoms with Crippen LogP contribution in [-0.2, 0) is 53.9 Å². The molecule has 14 aromatic rings. The molecule has 3 N–H and O–H groups in total. The molecule has 5 aromatic carbocycles. The molecule has 3 fully saturated rings. The van der Waals surface area contributed by atoms with Gasteiger partial charge in [0.1, 0.15) is 23.1 Å². The van der Waals surface area contributed by atoms with Crippen molar-refractivity contribution < 1.29 is 54.3 Å². The lowest BCUT2D eigenvalue weighted by Crippen LogP contribution is -2.35. The largest absolute Gasteiger partial charge is 0.499 e. The maximum absolute atomic E-state index is 14.5. The number of hydrogen-bond donors (Lipinski definition) is 3. The van der Waals surface area contributed by atoms with Crippen molar-refractivity contribution in [2.75, 3.05) is 78.9 Å². The molecule has 0 bridgehead atoms. The summed E-state index contributed by atoms with van der Waals surface area (Å²) >= 11 is 27.0. The second-order valence-electron chi connectivity index (χ2n) is 26.4. The van der Waals surface area contributed by atoms with Gasteiger partial charge >= 0.3 is 7.12 Å². The molecule has 3 aliphatic heterocycles. The number of fused-ring (bicyclic) bond motifs is 3. The van der Waals surface area contributed by atoms with E-state index in [0.717, 1.165) is 150 Å². The summed E-state index contributed by atoms with van der Waals surface area (Å²) in [5, 5.41) is 20.0. The van der Waals surface area contributed by atoms with Gasteiger partial charge in [-0.15, -0.1) is 34.0 Å². The average Bonchev–Trinajstić information content (AvgIpc) is 1.60. The highest BCUT2D eigenvalue weighted by atomic mass is 79.9. The Hall–Kier alpha value is -7.95. The van der Waals surface area contributed by atoms with E-state index in [-0.39, 0.29) is 36.2 Å². The van der Waals surface area contributed by atoms with E-state index in [4.69, 9.17) is 59.1 Å². The molecule has 0 spiro atoms. The smallest absolute Gasteiger partial charge is 0.423 e. The Morgan fingerprint density at radius 1 is 0.477 bits per heavy atom. The number of thiophene rings is 3. The van der Waals surface area contributed by atoms with Crippen LogP contribution in [-0.4, -0.2) is 155 Å². The first-order valence-electron chi connectivity index (χ1n) is 35.2. The van der Waals surface area contributed by atoms with Crippen LogP contribution in [0.15, 0.2) is 209 Å². The number of pyridine rings is 3. The minimum atomic E-state index is -3.98. The molecule has 0 radical (unpaired) electrons. The number of nitrogens with one attached hydrogen (secondary N) is 1. The Labute approximate surface area is 675 Å². The predicted octanol–water partition coefficient (Wildman–Crippen LogP) is 17.2. The summed E-state index contributed by atoms with van der Waals surface area (Å²) in [7, 11) is -9.22. The first-order chi connectivity index (χ1) is 53.5. The number of ether oxygens (including phenoxy) is 3. The summed E-state index contributed by atoms with van der Waals surface area (Å²) in [6.45, 7) is 16.8. The summed E-state index contributed by atoms with van der Waals surface area (Å²) in [6, 6.07) is 44.9. The zero-order chi connectivity index (χ0) is 77.7. The summed E-state index contributed by atoms with van der Waals surface area (Å²) in [4.78, 5) is 29.9. The summed E-state index contributed by atoms with van der Waals surface area (Å²) in [5.74, 6) is -1.58. The zero-order valence-electron chi connectivity index (χ0n) is 59.7. The van der Waals surface area contributed by atoms with Crippen molar-refractivity contribution in [1.29, 1.82) is 0 Å². The van der Waals surface area contributed by atoms with E-state index in [9.17, 15) is 30.0 Å². The lowest BCUT2D eigenvalue weighted by atomic mass is 9.90. The van der Waals surface area contributed by atoms with Crippen LogP contribution in [0.5, 0.6) is 0 Å². The number of H-pyrrole nitrogens is 1. The average molecular weight is 1720 g/mol. The van der Waals surface area contributed by atoms with E-state index in [1.807, 2.05) is 44.4 Å². The Balaban J connectivity index is 0.000000128. The zero-order valence-corrected chi connectivity index (χ0v) is 67.6. The van der Waals surface area contributed by atoms with Gasteiger partial charge in [-0.1, -0.05) is 113 Å². The number of aromatic nitrogens is 6. The highest BCUT2D eigenvalue weighted by Crippen LogP contribution is 2.43. The van der Waals surface area contributed by atoms with Gasteiger partial charge in [0.2, 0.25) is 0 Å². The van der Waals surface area contributed by atoms with Gasteiger partial charge in [0.05, 0.1) is 64.5 Å². The van der Waals surface area contributed by atoms with Crippen molar-refractivity contribution in [1.82, 2.24) is 42.6 Å². The van der Waals surface area contributed by atoms with E-state index < -0.39 is 44.6 Å². The van der Waals surface area contributed by atoms with Crippen LogP contribution < -0.4 is 4.78 Å². The van der Waals surface area contributed by atoms with E-state index in [0.29, 0.717) is 47.8 Å². The van der Waals surface area contributed by atoms with Gasteiger partial charge in [0.15, 0.2) is 11.3 Å². The minimum absolute atomic E-state index is 0.0707. The van der Waals surface area contributed by atoms with Crippen LogP contribution in [0.1, 0.15) is 25.8 Å². The van der Waals surface area contributed by atoms with Gasteiger partial charge in [-0.3, -0.25) is 14.7 Å². The highest BCUT2D eigenvalue weighted by Gasteiger charge is 2.28. The Morgan fingerprint density at radius 2 is 0.865 bits per heavy atom. The minimum Gasteiger partial charge on any atom is -0.423 e. The van der Waals surface area contributed by atoms with Crippen LogP contribution in [0.3, 0.4) is 0 Å². The van der Waals surface area contributed by atoms with Crippen LogP contribution in [0.4, 0.5) is 13.2 Å². The predicted molar refractivity (Wildman–Crippen MR) is 441 cm³/mol. The number of halogens is 7. The standard InChI is InChI=1S/C29H25ClFN3O3S2.C22H19ClFN3OS.C20H13BrClFN2O2S.C9H14BNO3S/c1-19-5-8-22(9-6-19)39(35,36)34-18-25(23-3-2-4-26(31)28(23)30)24-15-20(16-32-29(24)34)27-10-7-21(38-27)17-33-11-13-37-14-12-33;23-21-16(2-1-3-19(21)24)18-12-26-22-17(18)10-14(11-25-22)20-5-4-15(29-20)13-27-6-8-28-9-7-27;1-12-5-7-14(8-6-12)28(26,27)25-11-17(15-3-2-4-18(23)19(15)22)16-9-13(21)10-24-20(16)25;12-10(13)9-2-1-8(15-9)7-11-3-5-14-6-4-11/h2-10,15-16,18H,11-14,17H2,1H3;1-5,10-12H,6-9,13H2,(H,25,26);2-11H,1H3;1-2,12-13H,3-7H2. The third kappa shape index (κ3) is 18.2. The first kappa shape index (κ1) is 79.7. The number of aryl methyl sites for hydroxylation is 2. The Bertz CT molecular complexity index is 5910. The fourth-order valence-electron chi connectivity index (χ4n) is 13.0. The van der Waals surface area contributed by atoms with E-state index in [1.54, 1.807) is 114 Å². The monoisotopic (exact) mass is 1710 g/mol. The molecule has 0 saturated carbocycles. The molecule has 17 rings (SSSR count). The molecule has 12 heterocycles. The molecule has 9 aromatic heterocycles. The van der Waals surface area contributed by atoms with Crippen molar-refractivity contribution >= 4 is 150 Å². The van der Waals surface area contributed by atoms with Gasteiger partial charge < -0.3 is 29.2 Å². The fraction of sp³-hybridized carbons (Fsp3) is 0.212. The molecule has 0 aliphatic carbocycles. The number of hydrogen-bond acceptors (Lipinski definition) is 18. The molecular weight excluding hydrogens is 1650 g/mol. The van der Waals surface area contributed by atoms with Crippen LogP contribution >= 0.6 is 84.7 Å². The number of nitrogens with zero attached hydrogens (tertiary/aromatic N) is 8. The second kappa shape index (κ2) is 35.2. The lowest BCUT2D eigenvalue weighted by Gasteiger charge is -2.25. The number of morpholine rings is 3.